The third-order valence-electron chi connectivity index (χ3n) is 4.51. The topological polar surface area (TPSA) is 90.0 Å². The molecule has 0 aliphatic rings. The van der Waals surface area contributed by atoms with Gasteiger partial charge in [0, 0.05) is 24.7 Å². The monoisotopic (exact) mass is 388 g/mol. The van der Waals surface area contributed by atoms with Crippen LogP contribution in [-0.4, -0.2) is 33.7 Å². The minimum absolute atomic E-state index is 0.239. The Balaban J connectivity index is 1.49. The summed E-state index contributed by atoms with van der Waals surface area (Å²) in [6.07, 6.45) is 6.97. The van der Waals surface area contributed by atoms with Crippen LogP contribution < -0.4 is 15.0 Å². The van der Waals surface area contributed by atoms with Crippen molar-refractivity contribution < 1.29 is 9.47 Å². The largest absolute Gasteiger partial charge is 0.497 e. The summed E-state index contributed by atoms with van der Waals surface area (Å²) < 4.78 is 11.0. The van der Waals surface area contributed by atoms with Crippen molar-refractivity contribution in [2.24, 2.45) is 0 Å². The predicted octanol–water partition coefficient (Wildman–Crippen LogP) is 3.40. The molecule has 4 rings (SSSR count). The van der Waals surface area contributed by atoms with E-state index in [1.165, 1.54) is 5.56 Å². The average molecular weight is 388 g/mol. The first-order chi connectivity index (χ1) is 14.2. The number of rotatable bonds is 7. The van der Waals surface area contributed by atoms with Crippen LogP contribution in [0.3, 0.4) is 0 Å². The molecular weight excluding hydrogens is 368 g/mol. The Morgan fingerprint density at radius 3 is 2.69 bits per heavy atom. The van der Waals surface area contributed by atoms with Gasteiger partial charge in [-0.1, -0.05) is 0 Å². The van der Waals surface area contributed by atoms with E-state index in [0.717, 1.165) is 12.8 Å². The molecule has 0 amide bonds. The Labute approximate surface area is 167 Å². The second-order valence-electron chi connectivity index (χ2n) is 6.48. The Morgan fingerprint density at radius 2 is 1.86 bits per heavy atom. The van der Waals surface area contributed by atoms with Crippen molar-refractivity contribution in [3.8, 4) is 23.0 Å². The number of benzene rings is 1. The van der Waals surface area contributed by atoms with E-state index in [2.05, 4.69) is 19.9 Å². The zero-order valence-electron chi connectivity index (χ0n) is 16.0. The highest BCUT2D eigenvalue weighted by Gasteiger charge is 2.09. The second-order valence-corrected chi connectivity index (χ2v) is 6.48. The number of aromatic nitrogens is 4. The van der Waals surface area contributed by atoms with Crippen molar-refractivity contribution in [1.82, 2.24) is 19.9 Å². The molecule has 1 aromatic carbocycles. The van der Waals surface area contributed by atoms with E-state index in [0.29, 0.717) is 40.5 Å². The molecule has 3 aromatic heterocycles. The van der Waals surface area contributed by atoms with Gasteiger partial charge in [0.1, 0.15) is 17.2 Å². The Kier molecular flexibility index (Phi) is 5.47. The molecule has 3 heterocycles. The van der Waals surface area contributed by atoms with Crippen molar-refractivity contribution in [2.45, 2.75) is 12.8 Å². The van der Waals surface area contributed by atoms with Crippen LogP contribution >= 0.6 is 0 Å². The van der Waals surface area contributed by atoms with Gasteiger partial charge in [-0.05, 0) is 54.8 Å². The van der Waals surface area contributed by atoms with Gasteiger partial charge in [-0.2, -0.15) is 0 Å². The van der Waals surface area contributed by atoms with Crippen LogP contribution in [-0.2, 0) is 6.42 Å². The molecule has 0 saturated heterocycles. The summed E-state index contributed by atoms with van der Waals surface area (Å²) in [5.74, 6) is 1.69. The molecule has 0 spiro atoms. The summed E-state index contributed by atoms with van der Waals surface area (Å²) in [6, 6.07) is 12.8. The third kappa shape index (κ3) is 4.40. The summed E-state index contributed by atoms with van der Waals surface area (Å²) in [5.41, 5.74) is 2.11. The second kappa shape index (κ2) is 8.52. The number of methoxy groups -OCH3 is 1. The van der Waals surface area contributed by atoms with Crippen LogP contribution in [0.15, 0.2) is 65.8 Å². The number of aromatic amines is 1. The highest BCUT2D eigenvalue weighted by atomic mass is 16.5. The molecule has 0 aliphatic heterocycles. The molecule has 0 unspecified atom stereocenters. The van der Waals surface area contributed by atoms with Gasteiger partial charge in [-0.25, -0.2) is 4.98 Å². The van der Waals surface area contributed by atoms with Crippen LogP contribution in [0.2, 0.25) is 0 Å². The number of nitrogens with zero attached hydrogens (tertiary/aromatic N) is 3. The fourth-order valence-corrected chi connectivity index (χ4v) is 3.01. The van der Waals surface area contributed by atoms with Crippen LogP contribution in [0.5, 0.6) is 11.5 Å². The molecule has 0 bridgehead atoms. The first-order valence-corrected chi connectivity index (χ1v) is 9.29. The molecular formula is C22H20N4O3. The van der Waals surface area contributed by atoms with Gasteiger partial charge in [-0.3, -0.25) is 14.8 Å². The van der Waals surface area contributed by atoms with E-state index in [-0.39, 0.29) is 5.56 Å². The van der Waals surface area contributed by atoms with Crippen molar-refractivity contribution in [3.05, 3.63) is 77.0 Å². The molecule has 29 heavy (non-hydrogen) atoms. The maximum Gasteiger partial charge on any atom is 0.259 e. The van der Waals surface area contributed by atoms with Gasteiger partial charge in [0.25, 0.3) is 5.56 Å². The van der Waals surface area contributed by atoms with Crippen molar-refractivity contribution in [2.75, 3.05) is 13.7 Å². The van der Waals surface area contributed by atoms with Gasteiger partial charge in [0.15, 0.2) is 5.82 Å². The number of nitrogens with one attached hydrogen (secondary N) is 1. The minimum Gasteiger partial charge on any atom is -0.497 e. The van der Waals surface area contributed by atoms with Gasteiger partial charge in [0.2, 0.25) is 0 Å². The minimum atomic E-state index is -0.239. The fraction of sp³-hybridized carbons (Fsp3) is 0.182. The molecule has 0 fully saturated rings. The summed E-state index contributed by atoms with van der Waals surface area (Å²) in [6.45, 7) is 0.560. The molecule has 4 aromatic rings. The van der Waals surface area contributed by atoms with E-state index in [1.54, 1.807) is 50.0 Å². The number of pyridine rings is 2. The molecule has 0 radical (unpaired) electrons. The molecule has 1 N–H and O–H groups in total. The van der Waals surface area contributed by atoms with Gasteiger partial charge in [0.05, 0.1) is 24.6 Å². The Morgan fingerprint density at radius 1 is 1.00 bits per heavy atom. The normalized spacial score (nSPS) is 10.8. The summed E-state index contributed by atoms with van der Waals surface area (Å²) >= 11 is 0. The quantitative estimate of drug-likeness (QED) is 0.488. The molecule has 0 saturated carbocycles. The lowest BCUT2D eigenvalue weighted by Crippen LogP contribution is -2.10. The van der Waals surface area contributed by atoms with Gasteiger partial charge in [-0.15, -0.1) is 0 Å². The van der Waals surface area contributed by atoms with Crippen molar-refractivity contribution in [3.63, 3.8) is 0 Å². The average Bonchev–Trinajstić information content (AvgIpc) is 2.77. The molecule has 0 atom stereocenters. The molecule has 7 nitrogen and oxygen atoms in total. The number of fused-ring (bicyclic) bond motifs is 1. The maximum absolute atomic E-state index is 12.6. The maximum atomic E-state index is 12.6. The van der Waals surface area contributed by atoms with E-state index in [4.69, 9.17) is 9.47 Å². The van der Waals surface area contributed by atoms with E-state index in [1.807, 2.05) is 18.2 Å². The van der Waals surface area contributed by atoms with Crippen LogP contribution in [0.1, 0.15) is 12.0 Å². The molecule has 7 heteroatoms. The first-order valence-electron chi connectivity index (χ1n) is 9.29. The summed E-state index contributed by atoms with van der Waals surface area (Å²) in [4.78, 5) is 28.2. The lowest BCUT2D eigenvalue weighted by Gasteiger charge is -2.08. The lowest BCUT2D eigenvalue weighted by molar-refractivity contribution is 0.311. The third-order valence-corrected chi connectivity index (χ3v) is 4.51. The van der Waals surface area contributed by atoms with Crippen LogP contribution in [0, 0.1) is 0 Å². The zero-order valence-corrected chi connectivity index (χ0v) is 16.0. The number of ether oxygens (including phenoxy) is 2. The van der Waals surface area contributed by atoms with Gasteiger partial charge < -0.3 is 14.5 Å². The lowest BCUT2D eigenvalue weighted by atomic mass is 10.1. The standard InChI is InChI=1S/C22H20N4O3/c1-28-16-8-11-24-20(14-16)21-25-19-5-4-17(13-18(19)22(27)26-21)29-12-2-3-15-6-9-23-10-7-15/h4-11,13-14H,2-3,12H2,1H3,(H,25,26,27). The Bertz CT molecular complexity index is 1180. The van der Waals surface area contributed by atoms with Crippen molar-refractivity contribution >= 4 is 10.9 Å². The molecule has 0 aliphatic carbocycles. The number of hydrogen-bond acceptors (Lipinski definition) is 6. The van der Waals surface area contributed by atoms with E-state index < -0.39 is 0 Å². The first kappa shape index (κ1) is 18.6. The highest BCUT2D eigenvalue weighted by Crippen LogP contribution is 2.21. The SMILES string of the molecule is COc1ccnc(-c2nc3ccc(OCCCc4ccncc4)cc3c(=O)[nH]2)c1. The number of H-pyrrole nitrogens is 1. The predicted molar refractivity (Wildman–Crippen MR) is 110 cm³/mol. The smallest absolute Gasteiger partial charge is 0.259 e. The molecule has 146 valence electrons. The Hall–Kier alpha value is -3.74. The zero-order chi connectivity index (χ0) is 20.1. The van der Waals surface area contributed by atoms with Crippen LogP contribution in [0.25, 0.3) is 22.4 Å². The van der Waals surface area contributed by atoms with Crippen LogP contribution in [0.4, 0.5) is 0 Å². The van der Waals surface area contributed by atoms with Gasteiger partial charge >= 0.3 is 0 Å². The van der Waals surface area contributed by atoms with E-state index >= 15 is 0 Å². The highest BCUT2D eigenvalue weighted by molar-refractivity contribution is 5.80. The van der Waals surface area contributed by atoms with Crippen molar-refractivity contribution in [1.29, 1.82) is 0 Å². The fourth-order valence-electron chi connectivity index (χ4n) is 3.01. The van der Waals surface area contributed by atoms with E-state index in [9.17, 15) is 4.79 Å². The summed E-state index contributed by atoms with van der Waals surface area (Å²) in [7, 11) is 1.58. The summed E-state index contributed by atoms with van der Waals surface area (Å²) in [5, 5.41) is 0.475. The number of aryl methyl sites for hydroxylation is 1. The number of hydrogen-bond donors (Lipinski definition) is 1.